The van der Waals surface area contributed by atoms with Crippen LogP contribution >= 0.6 is 0 Å². The maximum Gasteiger partial charge on any atom is 0.416 e. The van der Waals surface area contributed by atoms with Gasteiger partial charge in [0.2, 0.25) is 0 Å². The Morgan fingerprint density at radius 3 is 2.54 bits per heavy atom. The van der Waals surface area contributed by atoms with Crippen molar-refractivity contribution in [2.75, 3.05) is 19.7 Å². The van der Waals surface area contributed by atoms with Crippen molar-refractivity contribution < 1.29 is 22.7 Å². The molecule has 0 atom stereocenters. The predicted molar refractivity (Wildman–Crippen MR) is 91.8 cm³/mol. The third kappa shape index (κ3) is 3.74. The number of benzene rings is 1. The summed E-state index contributed by atoms with van der Waals surface area (Å²) in [6.07, 6.45) is -4.47. The molecule has 1 aromatic carbocycles. The van der Waals surface area contributed by atoms with Gasteiger partial charge in [0.15, 0.2) is 0 Å². The number of hydrogen-bond acceptors (Lipinski definition) is 3. The monoisotopic (exact) mass is 370 g/mol. The average molecular weight is 370 g/mol. The fraction of sp³-hybridized carbons (Fsp3) is 0.632. The largest absolute Gasteiger partial charge is 0.416 e. The number of ether oxygens (including phenoxy) is 1. The topological polar surface area (TPSA) is 32.8 Å². The summed E-state index contributed by atoms with van der Waals surface area (Å²) in [6, 6.07) is 2.70. The molecule has 0 aliphatic carbocycles. The number of hydrogen-bond donors (Lipinski definition) is 0. The van der Waals surface area contributed by atoms with Crippen molar-refractivity contribution in [3.63, 3.8) is 0 Å². The van der Waals surface area contributed by atoms with Crippen molar-refractivity contribution >= 4 is 5.91 Å². The highest BCUT2D eigenvalue weighted by Crippen LogP contribution is 2.39. The molecule has 0 N–H and O–H groups in total. The van der Waals surface area contributed by atoms with E-state index in [0.717, 1.165) is 0 Å². The molecule has 0 saturated carbocycles. The minimum atomic E-state index is -4.47. The first-order chi connectivity index (χ1) is 12.0. The van der Waals surface area contributed by atoms with E-state index in [1.165, 1.54) is 11.0 Å². The molecular weight excluding hydrogens is 345 g/mol. The number of carbonyl (C=O) groups excluding carboxylic acids is 1. The molecule has 2 aliphatic rings. The van der Waals surface area contributed by atoms with E-state index >= 15 is 0 Å². The van der Waals surface area contributed by atoms with Crippen molar-refractivity contribution in [2.45, 2.75) is 58.6 Å². The summed E-state index contributed by atoms with van der Waals surface area (Å²) in [4.78, 5) is 16.2. The maximum absolute atomic E-state index is 13.6. The Hall–Kier alpha value is -1.60. The Balaban J connectivity index is 1.95. The normalized spacial score (nSPS) is 20.8. The number of morpholine rings is 1. The van der Waals surface area contributed by atoms with E-state index in [0.29, 0.717) is 31.8 Å². The van der Waals surface area contributed by atoms with Crippen molar-refractivity contribution in [2.24, 2.45) is 0 Å². The van der Waals surface area contributed by atoms with Gasteiger partial charge in [0.25, 0.3) is 5.91 Å². The molecule has 26 heavy (non-hydrogen) atoms. The van der Waals surface area contributed by atoms with E-state index in [9.17, 15) is 18.0 Å². The summed E-state index contributed by atoms with van der Waals surface area (Å²) in [5, 5.41) is 0. The van der Waals surface area contributed by atoms with Crippen LogP contribution in [0.25, 0.3) is 0 Å². The number of halogens is 3. The van der Waals surface area contributed by atoms with Crippen LogP contribution in [0.2, 0.25) is 0 Å². The van der Waals surface area contributed by atoms with Crippen molar-refractivity contribution in [3.05, 3.63) is 34.4 Å². The quantitative estimate of drug-likeness (QED) is 0.814. The lowest BCUT2D eigenvalue weighted by Gasteiger charge is -2.38. The maximum atomic E-state index is 13.6. The van der Waals surface area contributed by atoms with E-state index in [2.05, 4.69) is 4.90 Å². The Bertz CT molecular complexity index is 713. The molecule has 3 rings (SSSR count). The molecule has 2 heterocycles. The van der Waals surface area contributed by atoms with Crippen LogP contribution in [0.5, 0.6) is 0 Å². The minimum absolute atomic E-state index is 0.0194. The zero-order chi connectivity index (χ0) is 19.3. The minimum Gasteiger partial charge on any atom is -0.373 e. The van der Waals surface area contributed by atoms with Crippen molar-refractivity contribution in [1.82, 2.24) is 9.80 Å². The van der Waals surface area contributed by atoms with Gasteiger partial charge in [0, 0.05) is 37.8 Å². The van der Waals surface area contributed by atoms with Crippen LogP contribution < -0.4 is 0 Å². The molecule has 0 aromatic heterocycles. The van der Waals surface area contributed by atoms with Crippen molar-refractivity contribution in [1.29, 1.82) is 0 Å². The molecule has 1 amide bonds. The third-order valence-corrected chi connectivity index (χ3v) is 4.97. The van der Waals surface area contributed by atoms with Gasteiger partial charge in [-0.15, -0.1) is 0 Å². The van der Waals surface area contributed by atoms with Crippen LogP contribution in [0.1, 0.15) is 54.7 Å². The zero-order valence-corrected chi connectivity index (χ0v) is 15.6. The second kappa shape index (κ2) is 6.53. The van der Waals surface area contributed by atoms with Crippen LogP contribution in [-0.2, 0) is 24.0 Å². The summed E-state index contributed by atoms with van der Waals surface area (Å²) < 4.78 is 46.5. The first-order valence-corrected chi connectivity index (χ1v) is 8.88. The van der Waals surface area contributed by atoms with Crippen LogP contribution in [0, 0.1) is 0 Å². The van der Waals surface area contributed by atoms with Gasteiger partial charge in [0.1, 0.15) is 0 Å². The summed E-state index contributed by atoms with van der Waals surface area (Å²) >= 11 is 0. The van der Waals surface area contributed by atoms with Gasteiger partial charge in [-0.3, -0.25) is 9.69 Å². The zero-order valence-electron chi connectivity index (χ0n) is 15.6. The van der Waals surface area contributed by atoms with E-state index in [4.69, 9.17) is 4.74 Å². The Morgan fingerprint density at radius 2 is 1.96 bits per heavy atom. The van der Waals surface area contributed by atoms with Gasteiger partial charge in [-0.1, -0.05) is 0 Å². The molecule has 144 valence electrons. The second-order valence-electron chi connectivity index (χ2n) is 8.01. The lowest BCUT2D eigenvalue weighted by atomic mass is 9.98. The van der Waals surface area contributed by atoms with Gasteiger partial charge in [-0.2, -0.15) is 13.2 Å². The Morgan fingerprint density at radius 1 is 1.27 bits per heavy atom. The van der Waals surface area contributed by atoms with E-state index in [1.54, 1.807) is 6.07 Å². The first-order valence-electron chi connectivity index (χ1n) is 8.88. The van der Waals surface area contributed by atoms with E-state index in [-0.39, 0.29) is 35.2 Å². The van der Waals surface area contributed by atoms with E-state index < -0.39 is 11.7 Å². The lowest BCUT2D eigenvalue weighted by molar-refractivity contribution is -0.138. The molecule has 4 nitrogen and oxygen atoms in total. The highest BCUT2D eigenvalue weighted by atomic mass is 19.4. The van der Waals surface area contributed by atoms with Gasteiger partial charge in [0.05, 0.1) is 17.8 Å². The van der Waals surface area contributed by atoms with Gasteiger partial charge in [-0.25, -0.2) is 0 Å². The summed E-state index contributed by atoms with van der Waals surface area (Å²) in [5.41, 5.74) is -0.202. The number of amides is 1. The smallest absolute Gasteiger partial charge is 0.373 e. The van der Waals surface area contributed by atoms with Crippen LogP contribution in [0.15, 0.2) is 12.1 Å². The Kier molecular flexibility index (Phi) is 4.82. The highest BCUT2D eigenvalue weighted by Gasteiger charge is 2.40. The molecule has 1 fully saturated rings. The predicted octanol–water partition coefficient (Wildman–Crippen LogP) is 3.68. The second-order valence-corrected chi connectivity index (χ2v) is 8.01. The molecule has 0 bridgehead atoms. The van der Waals surface area contributed by atoms with Crippen molar-refractivity contribution in [3.8, 4) is 0 Å². The molecule has 1 saturated heterocycles. The van der Waals surface area contributed by atoms with E-state index in [1.807, 2.05) is 27.7 Å². The first kappa shape index (κ1) is 19.2. The summed E-state index contributed by atoms with van der Waals surface area (Å²) in [5.74, 6) is -0.315. The molecule has 1 aromatic rings. The SMILES string of the molecule is CC(C)N1Cc2c(cc(CN3CCOC(C)(C)C3)cc2C(F)(F)F)C1=O. The van der Waals surface area contributed by atoms with Crippen LogP contribution in [0.3, 0.4) is 0 Å². The fourth-order valence-corrected chi connectivity index (χ4v) is 3.76. The number of carbonyl (C=O) groups is 1. The Labute approximate surface area is 151 Å². The van der Waals surface area contributed by atoms with Crippen LogP contribution in [-0.4, -0.2) is 47.0 Å². The standard InChI is InChI=1S/C19H25F3N2O2/c1-12(2)24-10-15-14(17(24)25)7-13(8-16(15)19(20,21)22)9-23-5-6-26-18(3,4)11-23/h7-8,12H,5-6,9-11H2,1-4H3. The van der Waals surface area contributed by atoms with Crippen LogP contribution in [0.4, 0.5) is 13.2 Å². The third-order valence-electron chi connectivity index (χ3n) is 4.97. The van der Waals surface area contributed by atoms with Gasteiger partial charge >= 0.3 is 6.18 Å². The lowest BCUT2D eigenvalue weighted by Crippen LogP contribution is -2.47. The molecule has 0 spiro atoms. The molecule has 7 heteroatoms. The number of nitrogens with zero attached hydrogens (tertiary/aromatic N) is 2. The number of rotatable bonds is 3. The molecule has 0 radical (unpaired) electrons. The molecule has 0 unspecified atom stereocenters. The molecular formula is C19H25F3N2O2. The number of alkyl halides is 3. The van der Waals surface area contributed by atoms with Gasteiger partial charge in [-0.05, 0) is 51.0 Å². The molecule has 2 aliphatic heterocycles. The summed E-state index contributed by atoms with van der Waals surface area (Å²) in [6.45, 7) is 9.79. The highest BCUT2D eigenvalue weighted by molar-refractivity contribution is 5.99. The fourth-order valence-electron chi connectivity index (χ4n) is 3.76. The van der Waals surface area contributed by atoms with Gasteiger partial charge < -0.3 is 9.64 Å². The number of fused-ring (bicyclic) bond motifs is 1. The average Bonchev–Trinajstić information content (AvgIpc) is 2.82. The summed E-state index contributed by atoms with van der Waals surface area (Å²) in [7, 11) is 0.